The van der Waals surface area contributed by atoms with E-state index in [1.54, 1.807) is 0 Å². The number of nitrogens with one attached hydrogen (secondary N) is 1. The smallest absolute Gasteiger partial charge is 0.0295 e. The molecule has 1 aliphatic rings. The lowest BCUT2D eigenvalue weighted by molar-refractivity contribution is 0.525. The van der Waals surface area contributed by atoms with Crippen LogP contribution in [0.15, 0.2) is 17.5 Å². The van der Waals surface area contributed by atoms with E-state index in [2.05, 4.69) is 53.3 Å². The average molecular weight is 273 g/mol. The lowest BCUT2D eigenvalue weighted by atomic mass is 10.1. The molecule has 1 aliphatic heterocycles. The fourth-order valence-corrected chi connectivity index (χ4v) is 5.63. The second-order valence-corrected chi connectivity index (χ2v) is 7.46. The largest absolute Gasteiger partial charge is 0.313 e. The Balaban J connectivity index is 1.92. The van der Waals surface area contributed by atoms with Crippen molar-refractivity contribution < 1.29 is 0 Å². The number of thioether (sulfide) groups is 2. The molecule has 2 unspecified atom stereocenters. The number of hydrogen-bond acceptors (Lipinski definition) is 4. The van der Waals surface area contributed by atoms with Crippen molar-refractivity contribution in [1.29, 1.82) is 0 Å². The van der Waals surface area contributed by atoms with E-state index >= 15 is 0 Å². The Kier molecular flexibility index (Phi) is 5.56. The molecular weight excluding hydrogens is 254 g/mol. The zero-order chi connectivity index (χ0) is 11.2. The van der Waals surface area contributed by atoms with Crippen LogP contribution in [0.2, 0.25) is 0 Å². The number of rotatable bonds is 5. The minimum Gasteiger partial charge on any atom is -0.313 e. The first-order valence-electron chi connectivity index (χ1n) is 5.85. The van der Waals surface area contributed by atoms with Gasteiger partial charge >= 0.3 is 0 Å². The summed E-state index contributed by atoms with van der Waals surface area (Å²) in [7, 11) is 0. The van der Waals surface area contributed by atoms with Crippen molar-refractivity contribution in [2.45, 2.75) is 24.6 Å². The van der Waals surface area contributed by atoms with E-state index in [1.807, 2.05) is 11.3 Å². The summed E-state index contributed by atoms with van der Waals surface area (Å²) < 4.78 is 0. The minimum atomic E-state index is 0.654. The van der Waals surface area contributed by atoms with Gasteiger partial charge in [-0.3, -0.25) is 0 Å². The van der Waals surface area contributed by atoms with Gasteiger partial charge in [-0.15, -0.1) is 11.3 Å². The molecule has 1 aromatic rings. The highest BCUT2D eigenvalue weighted by Gasteiger charge is 2.24. The van der Waals surface area contributed by atoms with E-state index < -0.39 is 0 Å². The first-order valence-corrected chi connectivity index (χ1v) is 8.93. The van der Waals surface area contributed by atoms with Gasteiger partial charge in [-0.25, -0.2) is 0 Å². The molecule has 1 aromatic heterocycles. The molecule has 1 fully saturated rings. The molecule has 2 rings (SSSR count). The molecule has 1 saturated heterocycles. The summed E-state index contributed by atoms with van der Waals surface area (Å²) in [5.74, 6) is 3.97. The summed E-state index contributed by atoms with van der Waals surface area (Å²) >= 11 is 6.15. The highest BCUT2D eigenvalue weighted by Crippen LogP contribution is 2.28. The maximum absolute atomic E-state index is 3.66. The van der Waals surface area contributed by atoms with Crippen molar-refractivity contribution in [3.8, 4) is 0 Å². The van der Waals surface area contributed by atoms with E-state index in [-0.39, 0.29) is 0 Å². The summed E-state index contributed by atoms with van der Waals surface area (Å²) in [5, 5.41) is 6.64. The Morgan fingerprint density at radius 1 is 1.50 bits per heavy atom. The summed E-state index contributed by atoms with van der Waals surface area (Å²) in [4.78, 5) is 1.52. The third-order valence-corrected chi connectivity index (χ3v) is 6.58. The van der Waals surface area contributed by atoms with Gasteiger partial charge in [0.05, 0.1) is 0 Å². The van der Waals surface area contributed by atoms with Gasteiger partial charge in [-0.1, -0.05) is 13.0 Å². The molecule has 1 nitrogen and oxygen atoms in total. The van der Waals surface area contributed by atoms with Crippen molar-refractivity contribution in [2.24, 2.45) is 0 Å². The SMILES string of the molecule is CCNC(Cc1cccs1)C1CSCCS1. The summed E-state index contributed by atoms with van der Waals surface area (Å²) in [6, 6.07) is 5.07. The van der Waals surface area contributed by atoms with Gasteiger partial charge in [0.1, 0.15) is 0 Å². The first kappa shape index (κ1) is 12.8. The molecule has 1 N–H and O–H groups in total. The summed E-state index contributed by atoms with van der Waals surface area (Å²) in [6.45, 7) is 3.29. The van der Waals surface area contributed by atoms with Crippen LogP contribution in [0.25, 0.3) is 0 Å². The van der Waals surface area contributed by atoms with Crippen LogP contribution in [-0.2, 0) is 6.42 Å². The molecule has 0 radical (unpaired) electrons. The summed E-state index contributed by atoms with van der Waals surface area (Å²) in [6.07, 6.45) is 1.20. The highest BCUT2D eigenvalue weighted by molar-refractivity contribution is 8.06. The van der Waals surface area contributed by atoms with Crippen molar-refractivity contribution in [3.05, 3.63) is 22.4 Å². The predicted octanol–water partition coefficient (Wildman–Crippen LogP) is 3.12. The molecule has 0 amide bonds. The predicted molar refractivity (Wildman–Crippen MR) is 79.1 cm³/mol. The fraction of sp³-hybridized carbons (Fsp3) is 0.667. The number of thiophene rings is 1. The zero-order valence-corrected chi connectivity index (χ0v) is 12.1. The van der Waals surface area contributed by atoms with Gasteiger partial charge in [0, 0.05) is 33.4 Å². The highest BCUT2D eigenvalue weighted by atomic mass is 32.2. The van der Waals surface area contributed by atoms with Crippen molar-refractivity contribution in [3.63, 3.8) is 0 Å². The third-order valence-electron chi connectivity index (χ3n) is 2.76. The Bertz CT molecular complexity index is 280. The molecule has 4 heteroatoms. The van der Waals surface area contributed by atoms with Crippen LogP contribution >= 0.6 is 34.9 Å². The number of hydrogen-bond donors (Lipinski definition) is 1. The number of likely N-dealkylation sites (N-methyl/N-ethyl adjacent to an activating group) is 1. The lowest BCUT2D eigenvalue weighted by Gasteiger charge is -2.29. The van der Waals surface area contributed by atoms with Gasteiger partial charge in [0.25, 0.3) is 0 Å². The quantitative estimate of drug-likeness (QED) is 0.885. The van der Waals surface area contributed by atoms with E-state index in [4.69, 9.17) is 0 Å². The third kappa shape index (κ3) is 3.69. The second-order valence-electron chi connectivity index (χ2n) is 3.93. The van der Waals surface area contributed by atoms with Crippen LogP contribution in [0.1, 0.15) is 11.8 Å². The first-order chi connectivity index (χ1) is 7.90. The van der Waals surface area contributed by atoms with E-state index in [0.29, 0.717) is 6.04 Å². The Hall–Kier alpha value is 0.360. The van der Waals surface area contributed by atoms with Crippen molar-refractivity contribution >= 4 is 34.9 Å². The van der Waals surface area contributed by atoms with Gasteiger partial charge < -0.3 is 5.32 Å². The minimum absolute atomic E-state index is 0.654. The van der Waals surface area contributed by atoms with Gasteiger partial charge in [0.2, 0.25) is 0 Å². The van der Waals surface area contributed by atoms with E-state index in [9.17, 15) is 0 Å². The van der Waals surface area contributed by atoms with Crippen molar-refractivity contribution in [1.82, 2.24) is 5.32 Å². The van der Waals surface area contributed by atoms with Gasteiger partial charge in [0.15, 0.2) is 0 Å². The molecule has 0 spiro atoms. The normalized spacial score (nSPS) is 23.2. The lowest BCUT2D eigenvalue weighted by Crippen LogP contribution is -2.42. The monoisotopic (exact) mass is 273 g/mol. The molecule has 0 saturated carbocycles. The standard InChI is InChI=1S/C12H19NS3/c1-2-13-11(8-10-4-3-5-15-10)12-9-14-6-7-16-12/h3-5,11-13H,2,6-9H2,1H3. The van der Waals surface area contributed by atoms with Gasteiger partial charge in [-0.05, 0) is 24.4 Å². The Morgan fingerprint density at radius 2 is 2.44 bits per heavy atom. The fourth-order valence-electron chi connectivity index (χ4n) is 1.98. The van der Waals surface area contributed by atoms with E-state index in [0.717, 1.165) is 11.8 Å². The maximum atomic E-state index is 3.66. The summed E-state index contributed by atoms with van der Waals surface area (Å²) in [5.41, 5.74) is 0. The van der Waals surface area contributed by atoms with Crippen molar-refractivity contribution in [2.75, 3.05) is 23.8 Å². The molecule has 2 atom stereocenters. The van der Waals surface area contributed by atoms with Crippen LogP contribution in [0.5, 0.6) is 0 Å². The van der Waals surface area contributed by atoms with Crippen LogP contribution in [0, 0.1) is 0 Å². The molecule has 2 heterocycles. The molecule has 0 aromatic carbocycles. The molecule has 90 valence electrons. The zero-order valence-electron chi connectivity index (χ0n) is 9.65. The average Bonchev–Trinajstić information content (AvgIpc) is 2.83. The van der Waals surface area contributed by atoms with Crippen LogP contribution in [0.4, 0.5) is 0 Å². The topological polar surface area (TPSA) is 12.0 Å². The van der Waals surface area contributed by atoms with Crippen LogP contribution in [0.3, 0.4) is 0 Å². The van der Waals surface area contributed by atoms with Crippen LogP contribution < -0.4 is 5.32 Å². The van der Waals surface area contributed by atoms with Crippen LogP contribution in [-0.4, -0.2) is 35.1 Å². The molecular formula is C12H19NS3. The Morgan fingerprint density at radius 3 is 3.06 bits per heavy atom. The Labute approximate surface area is 111 Å². The van der Waals surface area contributed by atoms with E-state index in [1.165, 1.54) is 28.6 Å². The maximum Gasteiger partial charge on any atom is 0.0295 e. The second kappa shape index (κ2) is 6.94. The molecule has 0 bridgehead atoms. The van der Waals surface area contributed by atoms with Gasteiger partial charge in [-0.2, -0.15) is 23.5 Å². The molecule has 0 aliphatic carbocycles. The molecule has 16 heavy (non-hydrogen) atoms.